The zero-order valence-corrected chi connectivity index (χ0v) is 13.5. The van der Waals surface area contributed by atoms with Crippen LogP contribution in [0.5, 0.6) is 0 Å². The van der Waals surface area contributed by atoms with Crippen LogP contribution in [0, 0.1) is 11.8 Å². The van der Waals surface area contributed by atoms with E-state index >= 15 is 0 Å². The third-order valence-corrected chi connectivity index (χ3v) is 5.32. The normalized spacial score (nSPS) is 30.0. The highest BCUT2D eigenvalue weighted by Crippen LogP contribution is 2.33. The number of nitrogens with two attached hydrogens (primary N) is 1. The highest BCUT2D eigenvalue weighted by molar-refractivity contribution is 4.84. The molecule has 1 aliphatic carbocycles. The minimum atomic E-state index is 0.488. The van der Waals surface area contributed by atoms with E-state index in [1.54, 1.807) is 0 Å². The number of likely N-dealkylation sites (tertiary alicyclic amines) is 1. The molecule has 2 N–H and O–H groups in total. The van der Waals surface area contributed by atoms with Gasteiger partial charge >= 0.3 is 0 Å². The molecule has 3 heteroatoms. The topological polar surface area (TPSA) is 38.5 Å². The number of hydrogen-bond donors (Lipinski definition) is 1. The molecule has 2 atom stereocenters. The second-order valence-corrected chi connectivity index (χ2v) is 7.07. The molecule has 2 rings (SSSR count). The van der Waals surface area contributed by atoms with E-state index < -0.39 is 0 Å². The molecule has 3 nitrogen and oxygen atoms in total. The molecule has 2 unspecified atom stereocenters. The first-order valence-corrected chi connectivity index (χ1v) is 8.76. The van der Waals surface area contributed by atoms with Gasteiger partial charge in [0.15, 0.2) is 0 Å². The van der Waals surface area contributed by atoms with E-state index in [0.717, 1.165) is 37.5 Å². The van der Waals surface area contributed by atoms with Gasteiger partial charge in [-0.3, -0.25) is 0 Å². The number of rotatable bonds is 6. The maximum Gasteiger partial charge on any atom is 0.0599 e. The first-order valence-electron chi connectivity index (χ1n) is 8.76. The van der Waals surface area contributed by atoms with Crippen LogP contribution in [0.4, 0.5) is 0 Å². The monoisotopic (exact) mass is 282 g/mol. The molecule has 0 aromatic rings. The highest BCUT2D eigenvalue weighted by atomic mass is 16.5. The van der Waals surface area contributed by atoms with Crippen LogP contribution >= 0.6 is 0 Å². The van der Waals surface area contributed by atoms with Crippen LogP contribution in [0.2, 0.25) is 0 Å². The molecule has 0 bridgehead atoms. The van der Waals surface area contributed by atoms with Crippen LogP contribution in [-0.2, 0) is 4.74 Å². The maximum atomic E-state index is 5.91. The van der Waals surface area contributed by atoms with Crippen molar-refractivity contribution in [1.82, 2.24) is 4.90 Å². The van der Waals surface area contributed by atoms with Gasteiger partial charge in [0, 0.05) is 25.7 Å². The molecule has 20 heavy (non-hydrogen) atoms. The van der Waals surface area contributed by atoms with Crippen molar-refractivity contribution < 1.29 is 4.74 Å². The first-order chi connectivity index (χ1) is 9.70. The predicted molar refractivity (Wildman–Crippen MR) is 84.8 cm³/mol. The van der Waals surface area contributed by atoms with E-state index in [9.17, 15) is 0 Å². The summed E-state index contributed by atoms with van der Waals surface area (Å²) >= 11 is 0. The van der Waals surface area contributed by atoms with E-state index in [-0.39, 0.29) is 0 Å². The lowest BCUT2D eigenvalue weighted by molar-refractivity contribution is -0.0104. The van der Waals surface area contributed by atoms with Gasteiger partial charge in [0.25, 0.3) is 0 Å². The summed E-state index contributed by atoms with van der Waals surface area (Å²) in [5.41, 5.74) is 5.51. The maximum absolute atomic E-state index is 5.91. The van der Waals surface area contributed by atoms with Crippen LogP contribution in [0.1, 0.15) is 58.8 Å². The number of piperidine rings is 1. The molecule has 0 amide bonds. The van der Waals surface area contributed by atoms with Crippen LogP contribution in [0.15, 0.2) is 0 Å². The van der Waals surface area contributed by atoms with Gasteiger partial charge in [0.05, 0.1) is 6.10 Å². The van der Waals surface area contributed by atoms with Crippen LogP contribution in [0.3, 0.4) is 0 Å². The van der Waals surface area contributed by atoms with E-state index in [4.69, 9.17) is 10.5 Å². The third kappa shape index (κ3) is 4.71. The lowest BCUT2D eigenvalue weighted by Gasteiger charge is -2.42. The zero-order valence-electron chi connectivity index (χ0n) is 13.5. The van der Waals surface area contributed by atoms with E-state index in [1.807, 2.05) is 0 Å². The van der Waals surface area contributed by atoms with Gasteiger partial charge in [-0.05, 0) is 50.5 Å². The van der Waals surface area contributed by atoms with Crippen molar-refractivity contribution in [1.29, 1.82) is 0 Å². The Morgan fingerprint density at radius 1 is 1.15 bits per heavy atom. The van der Waals surface area contributed by atoms with E-state index in [2.05, 4.69) is 18.7 Å². The third-order valence-electron chi connectivity index (χ3n) is 5.32. The first kappa shape index (κ1) is 16.3. The fourth-order valence-electron chi connectivity index (χ4n) is 3.88. The average molecular weight is 282 g/mol. The second kappa shape index (κ2) is 8.35. The fourth-order valence-corrected chi connectivity index (χ4v) is 3.88. The van der Waals surface area contributed by atoms with Crippen LogP contribution < -0.4 is 5.73 Å². The summed E-state index contributed by atoms with van der Waals surface area (Å²) in [6.45, 7) is 8.86. The highest BCUT2D eigenvalue weighted by Gasteiger charge is 2.30. The van der Waals surface area contributed by atoms with Gasteiger partial charge in [-0.15, -0.1) is 0 Å². The van der Waals surface area contributed by atoms with Gasteiger partial charge in [0.2, 0.25) is 0 Å². The SMILES string of the molecule is CC(C)C1CCCC(N2CCC(OCCCN)CC2)C1. The molecule has 118 valence electrons. The molecule has 1 saturated carbocycles. The van der Waals surface area contributed by atoms with Crippen molar-refractivity contribution in [2.45, 2.75) is 70.9 Å². The summed E-state index contributed by atoms with van der Waals surface area (Å²) in [4.78, 5) is 2.75. The molecule has 0 radical (unpaired) electrons. The molecule has 0 spiro atoms. The van der Waals surface area contributed by atoms with Crippen molar-refractivity contribution in [3.8, 4) is 0 Å². The fraction of sp³-hybridized carbons (Fsp3) is 1.00. The Kier molecular flexibility index (Phi) is 6.79. The molecule has 1 saturated heterocycles. The van der Waals surface area contributed by atoms with E-state index in [1.165, 1.54) is 51.6 Å². The standard InChI is InChI=1S/C17H34N2O/c1-14(2)15-5-3-6-16(13-15)19-10-7-17(8-11-19)20-12-4-9-18/h14-17H,3-13,18H2,1-2H3. The average Bonchev–Trinajstić information content (AvgIpc) is 2.48. The lowest BCUT2D eigenvalue weighted by Crippen LogP contribution is -2.45. The Morgan fingerprint density at radius 3 is 2.55 bits per heavy atom. The van der Waals surface area contributed by atoms with Crippen molar-refractivity contribution in [2.24, 2.45) is 17.6 Å². The molecule has 1 heterocycles. The molecule has 1 aliphatic heterocycles. The Bertz CT molecular complexity index is 262. The van der Waals surface area contributed by atoms with Gasteiger partial charge in [0.1, 0.15) is 0 Å². The quantitative estimate of drug-likeness (QED) is 0.761. The smallest absolute Gasteiger partial charge is 0.0599 e. The molecular formula is C17H34N2O. The minimum absolute atomic E-state index is 0.488. The number of ether oxygens (including phenoxy) is 1. The summed E-state index contributed by atoms with van der Waals surface area (Å²) in [5.74, 6) is 1.81. The van der Waals surface area contributed by atoms with E-state index in [0.29, 0.717) is 6.10 Å². The molecule has 2 fully saturated rings. The van der Waals surface area contributed by atoms with Crippen LogP contribution in [0.25, 0.3) is 0 Å². The number of hydrogen-bond acceptors (Lipinski definition) is 3. The summed E-state index contributed by atoms with van der Waals surface area (Å²) < 4.78 is 5.91. The molecule has 2 aliphatic rings. The van der Waals surface area contributed by atoms with Crippen molar-refractivity contribution >= 4 is 0 Å². The molecule has 0 aromatic carbocycles. The predicted octanol–water partition coefficient (Wildman–Crippen LogP) is 3.03. The van der Waals surface area contributed by atoms with Crippen molar-refractivity contribution in [3.05, 3.63) is 0 Å². The van der Waals surface area contributed by atoms with Gasteiger partial charge in [-0.2, -0.15) is 0 Å². The van der Waals surface area contributed by atoms with Gasteiger partial charge < -0.3 is 15.4 Å². The molecular weight excluding hydrogens is 248 g/mol. The van der Waals surface area contributed by atoms with Gasteiger partial charge in [-0.25, -0.2) is 0 Å². The van der Waals surface area contributed by atoms with Gasteiger partial charge in [-0.1, -0.05) is 26.7 Å². The Hall–Kier alpha value is -0.120. The Balaban J connectivity index is 1.70. The minimum Gasteiger partial charge on any atom is -0.378 e. The number of nitrogens with zero attached hydrogens (tertiary/aromatic N) is 1. The van der Waals surface area contributed by atoms with Crippen molar-refractivity contribution in [3.63, 3.8) is 0 Å². The Labute approximate surface area is 125 Å². The summed E-state index contributed by atoms with van der Waals surface area (Å²) in [5, 5.41) is 0. The summed E-state index contributed by atoms with van der Waals surface area (Å²) in [7, 11) is 0. The van der Waals surface area contributed by atoms with Crippen molar-refractivity contribution in [2.75, 3.05) is 26.2 Å². The lowest BCUT2D eigenvalue weighted by atomic mass is 9.78. The Morgan fingerprint density at radius 2 is 1.90 bits per heavy atom. The van der Waals surface area contributed by atoms with Crippen LogP contribution in [-0.4, -0.2) is 43.3 Å². The zero-order chi connectivity index (χ0) is 14.4. The summed E-state index contributed by atoms with van der Waals surface area (Å²) in [6, 6.07) is 0.848. The largest absolute Gasteiger partial charge is 0.378 e. The molecule has 0 aromatic heterocycles. The second-order valence-electron chi connectivity index (χ2n) is 7.07. The summed E-state index contributed by atoms with van der Waals surface area (Å²) in [6.07, 6.45) is 9.65.